The van der Waals surface area contributed by atoms with Crippen molar-refractivity contribution in [2.24, 2.45) is 5.73 Å². The molecule has 1 atom stereocenters. The first-order valence-electron chi connectivity index (χ1n) is 2.79. The second-order valence-electron chi connectivity index (χ2n) is 1.63. The summed E-state index contributed by atoms with van der Waals surface area (Å²) in [6.45, 7) is 2.46. The molecule has 1 aliphatic heterocycles. The number of rotatable bonds is 0. The summed E-state index contributed by atoms with van der Waals surface area (Å²) >= 11 is 0. The standard InChI is InChI=1S/C2H7NO.C2H4O3P/c1-2(3)4;3-6-4-1-2-5-6/h2,4H,3H2,1H3;1-2H2/q;+1. The Balaban J connectivity index is 0.000000180. The van der Waals surface area contributed by atoms with E-state index in [1.807, 2.05) is 0 Å². The summed E-state index contributed by atoms with van der Waals surface area (Å²) in [4.78, 5) is 0. The minimum absolute atomic E-state index is 0.481. The molecule has 1 fully saturated rings. The third-order valence-corrected chi connectivity index (χ3v) is 1.26. The predicted molar refractivity (Wildman–Crippen MR) is 35.4 cm³/mol. The third kappa shape index (κ3) is 7.94. The van der Waals surface area contributed by atoms with Crippen LogP contribution in [-0.2, 0) is 13.6 Å². The normalized spacial score (nSPS) is 19.7. The largest absolute Gasteiger partial charge is 0.697 e. The monoisotopic (exact) mass is 168 g/mol. The van der Waals surface area contributed by atoms with Crippen molar-refractivity contribution in [3.05, 3.63) is 0 Å². The van der Waals surface area contributed by atoms with Crippen LogP contribution in [-0.4, -0.2) is 24.5 Å². The SMILES string of the molecule is CC(N)O.O=[P+]1OCCO1. The van der Waals surface area contributed by atoms with Gasteiger partial charge in [-0.2, -0.15) is 0 Å². The van der Waals surface area contributed by atoms with Crippen LogP contribution in [0, 0.1) is 0 Å². The highest BCUT2D eigenvalue weighted by Crippen LogP contribution is 2.27. The van der Waals surface area contributed by atoms with Crippen LogP contribution in [0.25, 0.3) is 0 Å². The molecule has 1 aliphatic rings. The molecule has 1 saturated heterocycles. The molecule has 0 aliphatic carbocycles. The minimum Gasteiger partial charge on any atom is -0.379 e. The maximum Gasteiger partial charge on any atom is 0.697 e. The molecule has 3 N–H and O–H groups in total. The van der Waals surface area contributed by atoms with Gasteiger partial charge >= 0.3 is 8.25 Å². The molecule has 0 aromatic rings. The van der Waals surface area contributed by atoms with Crippen molar-refractivity contribution in [2.75, 3.05) is 13.2 Å². The molecule has 0 saturated carbocycles. The predicted octanol–water partition coefficient (Wildman–Crippen LogP) is -0.0260. The Morgan fingerprint density at radius 2 is 1.90 bits per heavy atom. The lowest BCUT2D eigenvalue weighted by Crippen LogP contribution is -2.11. The van der Waals surface area contributed by atoms with E-state index in [0.29, 0.717) is 13.2 Å². The summed E-state index contributed by atoms with van der Waals surface area (Å²) < 4.78 is 18.8. The summed E-state index contributed by atoms with van der Waals surface area (Å²) in [7, 11) is -1.72. The third-order valence-electron chi connectivity index (χ3n) is 0.477. The van der Waals surface area contributed by atoms with Crippen molar-refractivity contribution in [3.63, 3.8) is 0 Å². The van der Waals surface area contributed by atoms with E-state index in [0.717, 1.165) is 0 Å². The number of aliphatic hydroxyl groups excluding tert-OH is 1. The number of hydrogen-bond acceptors (Lipinski definition) is 5. The van der Waals surface area contributed by atoms with Gasteiger partial charge in [0.2, 0.25) is 0 Å². The fraction of sp³-hybridized carbons (Fsp3) is 1.00. The van der Waals surface area contributed by atoms with Gasteiger partial charge in [-0.3, -0.25) is 0 Å². The quantitative estimate of drug-likeness (QED) is 0.392. The fourth-order valence-corrected chi connectivity index (χ4v) is 0.783. The van der Waals surface area contributed by atoms with E-state index in [-0.39, 0.29) is 0 Å². The van der Waals surface area contributed by atoms with E-state index in [2.05, 4.69) is 14.8 Å². The van der Waals surface area contributed by atoms with Gasteiger partial charge in [0, 0.05) is 4.57 Å². The maximum absolute atomic E-state index is 9.95. The zero-order valence-electron chi connectivity index (χ0n) is 5.69. The van der Waals surface area contributed by atoms with E-state index in [1.54, 1.807) is 0 Å². The first-order chi connectivity index (χ1) is 4.63. The summed E-state index contributed by atoms with van der Waals surface area (Å²) in [5, 5.41) is 7.83. The Morgan fingerprint density at radius 3 is 2.00 bits per heavy atom. The summed E-state index contributed by atoms with van der Waals surface area (Å²) in [5.74, 6) is 0. The summed E-state index contributed by atoms with van der Waals surface area (Å²) in [6, 6.07) is 0. The van der Waals surface area contributed by atoms with Crippen molar-refractivity contribution in [1.82, 2.24) is 0 Å². The van der Waals surface area contributed by atoms with Gasteiger partial charge in [0.15, 0.2) is 0 Å². The van der Waals surface area contributed by atoms with E-state index in [1.165, 1.54) is 6.92 Å². The van der Waals surface area contributed by atoms with Gasteiger partial charge in [-0.25, -0.2) is 0 Å². The molecule has 60 valence electrons. The molecular formula is C4H11NO4P+. The molecule has 1 rings (SSSR count). The van der Waals surface area contributed by atoms with Crippen LogP contribution in [0.1, 0.15) is 6.92 Å². The number of aliphatic hydroxyl groups is 1. The van der Waals surface area contributed by atoms with Crippen molar-refractivity contribution >= 4 is 8.25 Å². The van der Waals surface area contributed by atoms with E-state index in [9.17, 15) is 4.57 Å². The molecule has 0 amide bonds. The highest BCUT2D eigenvalue weighted by molar-refractivity contribution is 7.33. The van der Waals surface area contributed by atoms with Crippen LogP contribution in [0.4, 0.5) is 0 Å². The van der Waals surface area contributed by atoms with Crippen LogP contribution in [0.15, 0.2) is 0 Å². The average Bonchev–Trinajstić information content (AvgIpc) is 2.15. The Labute approximate surface area is 60.1 Å². The second kappa shape index (κ2) is 5.70. The first kappa shape index (κ1) is 9.94. The average molecular weight is 168 g/mol. The molecular weight excluding hydrogens is 157 g/mol. The highest BCUT2D eigenvalue weighted by Gasteiger charge is 2.26. The van der Waals surface area contributed by atoms with Crippen LogP contribution in [0.3, 0.4) is 0 Å². The molecule has 10 heavy (non-hydrogen) atoms. The molecule has 5 nitrogen and oxygen atoms in total. The highest BCUT2D eigenvalue weighted by atomic mass is 31.1. The first-order valence-corrected chi connectivity index (χ1v) is 3.89. The van der Waals surface area contributed by atoms with Crippen molar-refractivity contribution < 1.29 is 18.7 Å². The fourth-order valence-electron chi connectivity index (χ4n) is 0.261. The summed E-state index contributed by atoms with van der Waals surface area (Å²) in [5.41, 5.74) is 4.67. The van der Waals surface area contributed by atoms with Crippen LogP contribution in [0.2, 0.25) is 0 Å². The van der Waals surface area contributed by atoms with Gasteiger partial charge in [-0.05, 0) is 6.92 Å². The van der Waals surface area contributed by atoms with Crippen LogP contribution >= 0.6 is 8.25 Å². The Bertz CT molecular complexity index is 96.7. The van der Waals surface area contributed by atoms with Gasteiger partial charge < -0.3 is 10.8 Å². The summed E-state index contributed by atoms with van der Waals surface area (Å²) in [6.07, 6.45) is -0.667. The molecule has 0 radical (unpaired) electrons. The van der Waals surface area contributed by atoms with Gasteiger partial charge in [-0.1, -0.05) is 0 Å². The zero-order valence-corrected chi connectivity index (χ0v) is 6.58. The lowest BCUT2D eigenvalue weighted by atomic mass is 10.7. The van der Waals surface area contributed by atoms with Gasteiger partial charge in [0.25, 0.3) is 0 Å². The van der Waals surface area contributed by atoms with Crippen molar-refractivity contribution in [1.29, 1.82) is 0 Å². The smallest absolute Gasteiger partial charge is 0.379 e. The molecule has 6 heteroatoms. The van der Waals surface area contributed by atoms with E-state index in [4.69, 9.17) is 5.11 Å². The Hall–Kier alpha value is -0.0600. The van der Waals surface area contributed by atoms with Crippen molar-refractivity contribution in [2.45, 2.75) is 13.2 Å². The van der Waals surface area contributed by atoms with Gasteiger partial charge in [0.1, 0.15) is 13.2 Å². The van der Waals surface area contributed by atoms with Crippen LogP contribution in [0.5, 0.6) is 0 Å². The minimum atomic E-state index is -1.72. The van der Waals surface area contributed by atoms with Crippen LogP contribution < -0.4 is 5.73 Å². The molecule has 1 heterocycles. The Kier molecular flexibility index (Phi) is 5.67. The van der Waals surface area contributed by atoms with Crippen molar-refractivity contribution in [3.8, 4) is 0 Å². The molecule has 0 aromatic carbocycles. The number of nitrogens with two attached hydrogens (primary N) is 1. The van der Waals surface area contributed by atoms with E-state index < -0.39 is 14.5 Å². The maximum atomic E-state index is 9.95. The molecule has 0 aromatic heterocycles. The molecule has 0 spiro atoms. The molecule has 1 unspecified atom stereocenters. The lowest BCUT2D eigenvalue weighted by Gasteiger charge is -1.82. The Morgan fingerprint density at radius 1 is 1.60 bits per heavy atom. The second-order valence-corrected chi connectivity index (χ2v) is 2.59. The molecule has 0 bridgehead atoms. The van der Waals surface area contributed by atoms with Gasteiger partial charge in [-0.15, -0.1) is 9.05 Å². The zero-order chi connectivity index (χ0) is 7.98. The topological polar surface area (TPSA) is 81.8 Å². The number of hydrogen-bond donors (Lipinski definition) is 2. The van der Waals surface area contributed by atoms with E-state index >= 15 is 0 Å². The van der Waals surface area contributed by atoms with Gasteiger partial charge in [0.05, 0.1) is 6.23 Å². The lowest BCUT2D eigenvalue weighted by molar-refractivity contribution is 0.203.